The van der Waals surface area contributed by atoms with Gasteiger partial charge in [-0.25, -0.2) is 9.37 Å². The predicted molar refractivity (Wildman–Crippen MR) is 81.8 cm³/mol. The van der Waals surface area contributed by atoms with Crippen molar-refractivity contribution in [3.63, 3.8) is 0 Å². The van der Waals surface area contributed by atoms with Crippen LogP contribution in [0, 0.1) is 12.7 Å². The molecule has 0 aliphatic carbocycles. The molecule has 4 heteroatoms. The van der Waals surface area contributed by atoms with Crippen LogP contribution in [0.25, 0.3) is 22.4 Å². The van der Waals surface area contributed by atoms with Crippen LogP contribution in [-0.4, -0.2) is 14.7 Å². The van der Waals surface area contributed by atoms with Gasteiger partial charge in [0.25, 0.3) is 0 Å². The Morgan fingerprint density at radius 3 is 2.76 bits per heavy atom. The number of aryl methyl sites for hydroxylation is 2. The number of halogens is 1. The van der Waals surface area contributed by atoms with Crippen molar-refractivity contribution in [3.8, 4) is 17.1 Å². The summed E-state index contributed by atoms with van der Waals surface area (Å²) in [6, 6.07) is 10.00. The summed E-state index contributed by atoms with van der Waals surface area (Å²) in [6.45, 7) is 4.75. The minimum Gasteiger partial charge on any atom is -0.507 e. The van der Waals surface area contributed by atoms with Gasteiger partial charge >= 0.3 is 0 Å². The third kappa shape index (κ3) is 2.37. The summed E-state index contributed by atoms with van der Waals surface area (Å²) < 4.78 is 15.5. The summed E-state index contributed by atoms with van der Waals surface area (Å²) in [4.78, 5) is 4.58. The van der Waals surface area contributed by atoms with Crippen molar-refractivity contribution in [3.05, 3.63) is 47.8 Å². The number of benzene rings is 2. The maximum atomic E-state index is 13.5. The first kappa shape index (κ1) is 13.6. The zero-order valence-electron chi connectivity index (χ0n) is 12.1. The lowest BCUT2D eigenvalue weighted by Gasteiger charge is -2.10. The second-order valence-corrected chi connectivity index (χ2v) is 5.24. The Hall–Kier alpha value is -2.36. The molecule has 108 valence electrons. The topological polar surface area (TPSA) is 38.0 Å². The van der Waals surface area contributed by atoms with Crippen LogP contribution in [0.4, 0.5) is 4.39 Å². The molecule has 2 aromatic carbocycles. The van der Waals surface area contributed by atoms with Gasteiger partial charge in [-0.05, 0) is 43.7 Å². The van der Waals surface area contributed by atoms with Gasteiger partial charge in [-0.1, -0.05) is 18.6 Å². The lowest BCUT2D eigenvalue weighted by Crippen LogP contribution is -2.00. The van der Waals surface area contributed by atoms with Crippen molar-refractivity contribution >= 4 is 11.0 Å². The van der Waals surface area contributed by atoms with Crippen molar-refractivity contribution in [2.45, 2.75) is 26.8 Å². The molecule has 0 saturated carbocycles. The molecule has 1 heterocycles. The lowest BCUT2D eigenvalue weighted by atomic mass is 10.1. The van der Waals surface area contributed by atoms with E-state index in [1.807, 2.05) is 23.6 Å². The first-order valence-corrected chi connectivity index (χ1v) is 7.06. The summed E-state index contributed by atoms with van der Waals surface area (Å²) in [7, 11) is 0. The Morgan fingerprint density at radius 1 is 1.19 bits per heavy atom. The number of phenols is 1. The Balaban J connectivity index is 2.30. The number of hydrogen-bond acceptors (Lipinski definition) is 2. The number of aromatic nitrogens is 2. The Morgan fingerprint density at radius 2 is 2.00 bits per heavy atom. The highest BCUT2D eigenvalue weighted by molar-refractivity contribution is 5.82. The molecule has 0 amide bonds. The zero-order chi connectivity index (χ0) is 15.0. The second-order valence-electron chi connectivity index (χ2n) is 5.24. The minimum atomic E-state index is -0.278. The molecule has 3 rings (SSSR count). The Kier molecular flexibility index (Phi) is 3.37. The quantitative estimate of drug-likeness (QED) is 0.780. The maximum Gasteiger partial charge on any atom is 0.144 e. The number of aromatic hydroxyl groups is 1. The molecule has 1 N–H and O–H groups in total. The fourth-order valence-corrected chi connectivity index (χ4v) is 2.58. The fourth-order valence-electron chi connectivity index (χ4n) is 2.58. The SMILES string of the molecule is CCCn1c(-c2cc(C)ccc2O)nc2ccc(F)cc21. The van der Waals surface area contributed by atoms with Gasteiger partial charge in [0.05, 0.1) is 16.6 Å². The van der Waals surface area contributed by atoms with Crippen molar-refractivity contribution in [1.82, 2.24) is 9.55 Å². The number of phenolic OH excluding ortho intramolecular Hbond substituents is 1. The highest BCUT2D eigenvalue weighted by atomic mass is 19.1. The van der Waals surface area contributed by atoms with Crippen LogP contribution in [0.5, 0.6) is 5.75 Å². The molecule has 0 radical (unpaired) electrons. The van der Waals surface area contributed by atoms with Crippen molar-refractivity contribution in [2.24, 2.45) is 0 Å². The predicted octanol–water partition coefficient (Wildman–Crippen LogP) is 4.27. The van der Waals surface area contributed by atoms with E-state index in [0.717, 1.165) is 29.6 Å². The van der Waals surface area contributed by atoms with E-state index in [0.29, 0.717) is 11.4 Å². The Bertz CT molecular complexity index is 808. The molecule has 0 bridgehead atoms. The van der Waals surface area contributed by atoms with Crippen LogP contribution < -0.4 is 0 Å². The van der Waals surface area contributed by atoms with E-state index in [1.165, 1.54) is 12.1 Å². The summed E-state index contributed by atoms with van der Waals surface area (Å²) in [6.07, 6.45) is 0.904. The summed E-state index contributed by atoms with van der Waals surface area (Å²) >= 11 is 0. The van der Waals surface area contributed by atoms with Crippen LogP contribution in [-0.2, 0) is 6.54 Å². The second kappa shape index (κ2) is 5.20. The first-order valence-electron chi connectivity index (χ1n) is 7.06. The van der Waals surface area contributed by atoms with Crippen molar-refractivity contribution in [2.75, 3.05) is 0 Å². The molecule has 0 spiro atoms. The average Bonchev–Trinajstić information content (AvgIpc) is 2.80. The molecule has 0 saturated heterocycles. The van der Waals surface area contributed by atoms with Crippen LogP contribution in [0.2, 0.25) is 0 Å². The number of nitrogens with zero attached hydrogens (tertiary/aromatic N) is 2. The van der Waals surface area contributed by atoms with E-state index in [-0.39, 0.29) is 11.6 Å². The monoisotopic (exact) mass is 284 g/mol. The van der Waals surface area contributed by atoms with E-state index in [4.69, 9.17) is 0 Å². The van der Waals surface area contributed by atoms with Gasteiger partial charge in [0.1, 0.15) is 17.4 Å². The summed E-state index contributed by atoms with van der Waals surface area (Å²) in [5.74, 6) is 0.590. The van der Waals surface area contributed by atoms with E-state index in [2.05, 4.69) is 11.9 Å². The number of rotatable bonds is 3. The standard InChI is InChI=1S/C17H17FN2O/c1-3-8-20-15-10-12(18)5-6-14(15)19-17(20)13-9-11(2)4-7-16(13)21/h4-7,9-10,21H,3,8H2,1-2H3. The first-order chi connectivity index (χ1) is 10.1. The van der Waals surface area contributed by atoms with Gasteiger partial charge in [-0.15, -0.1) is 0 Å². The molecule has 3 nitrogen and oxygen atoms in total. The van der Waals surface area contributed by atoms with Crippen LogP contribution in [0.15, 0.2) is 36.4 Å². The number of imidazole rings is 1. The molecule has 0 aliphatic rings. The van der Waals surface area contributed by atoms with Gasteiger partial charge in [0.15, 0.2) is 0 Å². The average molecular weight is 284 g/mol. The zero-order valence-corrected chi connectivity index (χ0v) is 12.1. The highest BCUT2D eigenvalue weighted by Gasteiger charge is 2.15. The van der Waals surface area contributed by atoms with E-state index < -0.39 is 0 Å². The minimum absolute atomic E-state index is 0.189. The summed E-state index contributed by atoms with van der Waals surface area (Å²) in [5.41, 5.74) is 3.22. The van der Waals surface area contributed by atoms with E-state index in [1.54, 1.807) is 12.1 Å². The van der Waals surface area contributed by atoms with Gasteiger partial charge < -0.3 is 9.67 Å². The molecule has 1 aromatic heterocycles. The maximum absolute atomic E-state index is 13.5. The largest absolute Gasteiger partial charge is 0.507 e. The van der Waals surface area contributed by atoms with Crippen molar-refractivity contribution in [1.29, 1.82) is 0 Å². The van der Waals surface area contributed by atoms with E-state index >= 15 is 0 Å². The smallest absolute Gasteiger partial charge is 0.144 e. The molecule has 3 aromatic rings. The van der Waals surface area contributed by atoms with Crippen LogP contribution in [0.3, 0.4) is 0 Å². The molecular weight excluding hydrogens is 267 g/mol. The molecular formula is C17H17FN2O. The van der Waals surface area contributed by atoms with Crippen LogP contribution >= 0.6 is 0 Å². The molecule has 0 unspecified atom stereocenters. The summed E-state index contributed by atoms with van der Waals surface area (Å²) in [5, 5.41) is 10.1. The third-order valence-corrected chi connectivity index (χ3v) is 3.55. The molecule has 0 fully saturated rings. The van der Waals surface area contributed by atoms with Gasteiger partial charge in [-0.2, -0.15) is 0 Å². The van der Waals surface area contributed by atoms with Crippen molar-refractivity contribution < 1.29 is 9.50 Å². The molecule has 0 aliphatic heterocycles. The fraction of sp³-hybridized carbons (Fsp3) is 0.235. The van der Waals surface area contributed by atoms with Gasteiger partial charge in [0, 0.05) is 6.54 Å². The van der Waals surface area contributed by atoms with E-state index in [9.17, 15) is 9.50 Å². The normalized spacial score (nSPS) is 11.2. The van der Waals surface area contributed by atoms with Gasteiger partial charge in [0.2, 0.25) is 0 Å². The number of fused-ring (bicyclic) bond motifs is 1. The molecule has 0 atom stereocenters. The number of hydrogen-bond donors (Lipinski definition) is 1. The lowest BCUT2D eigenvalue weighted by molar-refractivity contribution is 0.476. The third-order valence-electron chi connectivity index (χ3n) is 3.55. The van der Waals surface area contributed by atoms with Gasteiger partial charge in [-0.3, -0.25) is 0 Å². The molecule has 21 heavy (non-hydrogen) atoms. The highest BCUT2D eigenvalue weighted by Crippen LogP contribution is 2.32. The van der Waals surface area contributed by atoms with Crippen LogP contribution in [0.1, 0.15) is 18.9 Å². The Labute approximate surface area is 122 Å².